The third-order valence-corrected chi connectivity index (χ3v) is 0.471. The van der Waals surface area contributed by atoms with Crippen molar-refractivity contribution < 1.29 is 0 Å². The normalized spacial score (nSPS) is 6.44. The SMILES string of the molecule is C=C.CC.CC(C)CN. The highest BCUT2D eigenvalue weighted by Crippen LogP contribution is 1.81. The van der Waals surface area contributed by atoms with E-state index in [-0.39, 0.29) is 0 Å². The molecule has 0 atom stereocenters. The number of hydrogen-bond donors (Lipinski definition) is 1. The van der Waals surface area contributed by atoms with Gasteiger partial charge in [-0.3, -0.25) is 0 Å². The van der Waals surface area contributed by atoms with Gasteiger partial charge >= 0.3 is 0 Å². The van der Waals surface area contributed by atoms with Crippen LogP contribution < -0.4 is 5.73 Å². The molecule has 0 spiro atoms. The monoisotopic (exact) mass is 131 g/mol. The van der Waals surface area contributed by atoms with Gasteiger partial charge in [0.15, 0.2) is 0 Å². The second-order valence-electron chi connectivity index (χ2n) is 1.63. The highest BCUT2D eigenvalue weighted by atomic mass is 14.5. The third kappa shape index (κ3) is 86.6. The van der Waals surface area contributed by atoms with Crippen LogP contribution in [0.25, 0.3) is 0 Å². The van der Waals surface area contributed by atoms with Crippen molar-refractivity contribution in [1.29, 1.82) is 0 Å². The van der Waals surface area contributed by atoms with Crippen molar-refractivity contribution in [2.75, 3.05) is 6.54 Å². The zero-order valence-corrected chi connectivity index (χ0v) is 7.28. The van der Waals surface area contributed by atoms with Crippen LogP contribution >= 0.6 is 0 Å². The number of rotatable bonds is 1. The van der Waals surface area contributed by atoms with Crippen LogP contribution in [-0.4, -0.2) is 6.54 Å². The summed E-state index contributed by atoms with van der Waals surface area (Å²) in [7, 11) is 0. The third-order valence-electron chi connectivity index (χ3n) is 0.471. The average Bonchev–Trinajstić information content (AvgIpc) is 1.97. The molecule has 1 heteroatoms. The lowest BCUT2D eigenvalue weighted by Gasteiger charge is -1.91. The van der Waals surface area contributed by atoms with Crippen molar-refractivity contribution in [3.63, 3.8) is 0 Å². The Bertz CT molecular complexity index is 25.7. The fourth-order valence-electron chi connectivity index (χ4n) is 0. The van der Waals surface area contributed by atoms with Crippen molar-refractivity contribution in [3.8, 4) is 0 Å². The van der Waals surface area contributed by atoms with Gasteiger partial charge in [0.1, 0.15) is 0 Å². The fraction of sp³-hybridized carbons (Fsp3) is 0.750. The summed E-state index contributed by atoms with van der Waals surface area (Å²) in [5.74, 6) is 0.662. The zero-order chi connectivity index (χ0) is 8.28. The lowest BCUT2D eigenvalue weighted by molar-refractivity contribution is 0.664. The summed E-state index contributed by atoms with van der Waals surface area (Å²) in [5.41, 5.74) is 5.17. The van der Waals surface area contributed by atoms with E-state index in [0.29, 0.717) is 5.92 Å². The van der Waals surface area contributed by atoms with E-state index in [4.69, 9.17) is 5.73 Å². The second-order valence-corrected chi connectivity index (χ2v) is 1.63. The topological polar surface area (TPSA) is 26.0 Å². The molecule has 9 heavy (non-hydrogen) atoms. The van der Waals surface area contributed by atoms with Crippen LogP contribution in [0.5, 0.6) is 0 Å². The van der Waals surface area contributed by atoms with Crippen LogP contribution in [0.15, 0.2) is 13.2 Å². The Labute approximate surface area is 60.0 Å². The van der Waals surface area contributed by atoms with Gasteiger partial charge in [-0.1, -0.05) is 27.7 Å². The van der Waals surface area contributed by atoms with Gasteiger partial charge in [-0.05, 0) is 12.5 Å². The maximum Gasteiger partial charge on any atom is -0.00541 e. The molecule has 1 nitrogen and oxygen atoms in total. The molecule has 0 radical (unpaired) electrons. The maximum atomic E-state index is 5.17. The van der Waals surface area contributed by atoms with Crippen molar-refractivity contribution in [2.45, 2.75) is 27.7 Å². The molecule has 0 aliphatic heterocycles. The lowest BCUT2D eigenvalue weighted by Crippen LogP contribution is -2.05. The first-order valence-corrected chi connectivity index (χ1v) is 3.47. The standard InChI is InChI=1S/C4H11N.C2H6.C2H4/c1-4(2)3-5;2*1-2/h4H,3,5H2,1-2H3;1-2H3;1-2H2. The van der Waals surface area contributed by atoms with E-state index in [1.807, 2.05) is 13.8 Å². The number of nitrogens with two attached hydrogens (primary N) is 1. The van der Waals surface area contributed by atoms with E-state index < -0.39 is 0 Å². The van der Waals surface area contributed by atoms with Crippen LogP contribution in [0.1, 0.15) is 27.7 Å². The Hall–Kier alpha value is -0.300. The Kier molecular flexibility index (Phi) is 44.5. The Balaban J connectivity index is -0.0000000771. The first kappa shape index (κ1) is 15.9. The van der Waals surface area contributed by atoms with Gasteiger partial charge in [0, 0.05) is 0 Å². The quantitative estimate of drug-likeness (QED) is 0.543. The van der Waals surface area contributed by atoms with Crippen LogP contribution in [0, 0.1) is 5.92 Å². The Morgan fingerprint density at radius 3 is 1.33 bits per heavy atom. The van der Waals surface area contributed by atoms with Gasteiger partial charge in [-0.15, -0.1) is 13.2 Å². The highest BCUT2D eigenvalue weighted by molar-refractivity contribution is 4.38. The predicted octanol–water partition coefficient (Wildman–Crippen LogP) is 2.43. The number of hydrogen-bond acceptors (Lipinski definition) is 1. The fourth-order valence-corrected chi connectivity index (χ4v) is 0. The molecule has 0 aliphatic rings. The van der Waals surface area contributed by atoms with Gasteiger partial charge in [0.2, 0.25) is 0 Å². The Morgan fingerprint density at radius 2 is 1.33 bits per heavy atom. The molecule has 0 aliphatic carbocycles. The van der Waals surface area contributed by atoms with Gasteiger partial charge in [-0.25, -0.2) is 0 Å². The molecular weight excluding hydrogens is 110 g/mol. The van der Waals surface area contributed by atoms with Crippen LogP contribution in [0.4, 0.5) is 0 Å². The summed E-state index contributed by atoms with van der Waals surface area (Å²) in [4.78, 5) is 0. The van der Waals surface area contributed by atoms with Gasteiger partial charge in [0.05, 0.1) is 0 Å². The highest BCUT2D eigenvalue weighted by Gasteiger charge is 1.80. The Morgan fingerprint density at radius 1 is 1.22 bits per heavy atom. The molecular formula is C8H21N. The van der Waals surface area contributed by atoms with E-state index >= 15 is 0 Å². The van der Waals surface area contributed by atoms with Gasteiger partial charge in [0.25, 0.3) is 0 Å². The lowest BCUT2D eigenvalue weighted by atomic mass is 10.2. The minimum Gasteiger partial charge on any atom is -0.330 e. The van der Waals surface area contributed by atoms with Crippen molar-refractivity contribution in [3.05, 3.63) is 13.2 Å². The summed E-state index contributed by atoms with van der Waals surface area (Å²) in [6, 6.07) is 0. The van der Waals surface area contributed by atoms with Gasteiger partial charge < -0.3 is 5.73 Å². The van der Waals surface area contributed by atoms with Crippen molar-refractivity contribution in [1.82, 2.24) is 0 Å². The molecule has 0 saturated heterocycles. The molecule has 58 valence electrons. The molecule has 0 amide bonds. The second kappa shape index (κ2) is 25.2. The molecule has 0 saturated carbocycles. The molecule has 0 aromatic heterocycles. The summed E-state index contributed by atoms with van der Waals surface area (Å²) < 4.78 is 0. The van der Waals surface area contributed by atoms with Gasteiger partial charge in [-0.2, -0.15) is 0 Å². The molecule has 0 aromatic rings. The van der Waals surface area contributed by atoms with Crippen LogP contribution in [0.2, 0.25) is 0 Å². The molecule has 2 N–H and O–H groups in total. The summed E-state index contributed by atoms with van der Waals surface area (Å²) >= 11 is 0. The minimum absolute atomic E-state index is 0.662. The van der Waals surface area contributed by atoms with Crippen LogP contribution in [0.3, 0.4) is 0 Å². The van der Waals surface area contributed by atoms with E-state index in [1.54, 1.807) is 0 Å². The first-order chi connectivity index (χ1) is 4.27. The van der Waals surface area contributed by atoms with E-state index in [9.17, 15) is 0 Å². The smallest absolute Gasteiger partial charge is 0.00541 e. The largest absolute Gasteiger partial charge is 0.330 e. The van der Waals surface area contributed by atoms with E-state index in [0.717, 1.165) is 6.54 Å². The molecule has 0 bridgehead atoms. The van der Waals surface area contributed by atoms with Crippen molar-refractivity contribution in [2.24, 2.45) is 11.7 Å². The summed E-state index contributed by atoms with van der Waals surface area (Å²) in [6.07, 6.45) is 0. The van der Waals surface area contributed by atoms with E-state index in [2.05, 4.69) is 27.0 Å². The maximum absolute atomic E-state index is 5.17. The molecule has 0 rings (SSSR count). The molecule has 0 unspecified atom stereocenters. The predicted molar refractivity (Wildman–Crippen MR) is 46.5 cm³/mol. The van der Waals surface area contributed by atoms with Crippen molar-refractivity contribution >= 4 is 0 Å². The van der Waals surface area contributed by atoms with E-state index in [1.165, 1.54) is 0 Å². The summed E-state index contributed by atoms with van der Waals surface area (Å²) in [6.45, 7) is 15.0. The minimum atomic E-state index is 0.662. The summed E-state index contributed by atoms with van der Waals surface area (Å²) in [5, 5.41) is 0. The average molecular weight is 131 g/mol. The molecule has 0 aromatic carbocycles. The van der Waals surface area contributed by atoms with Crippen LogP contribution in [-0.2, 0) is 0 Å². The zero-order valence-electron chi connectivity index (χ0n) is 7.28. The molecule has 0 fully saturated rings. The first-order valence-electron chi connectivity index (χ1n) is 3.47. The molecule has 0 heterocycles.